The summed E-state index contributed by atoms with van der Waals surface area (Å²) in [6, 6.07) is 4.47. The Hall–Kier alpha value is -2.35. The van der Waals surface area contributed by atoms with E-state index in [9.17, 15) is 22.8 Å². The van der Waals surface area contributed by atoms with E-state index in [2.05, 4.69) is 17.2 Å². The first-order valence-corrected chi connectivity index (χ1v) is 8.26. The summed E-state index contributed by atoms with van der Waals surface area (Å²) in [4.78, 5) is 25.8. The van der Waals surface area contributed by atoms with Crippen molar-refractivity contribution in [2.24, 2.45) is 0 Å². The second-order valence-corrected chi connectivity index (χ2v) is 6.37. The van der Waals surface area contributed by atoms with Gasteiger partial charge >= 0.3 is 6.18 Å². The Morgan fingerprint density at radius 1 is 1.38 bits per heavy atom. The van der Waals surface area contributed by atoms with Crippen LogP contribution in [0.4, 0.5) is 13.2 Å². The number of halogens is 3. The van der Waals surface area contributed by atoms with Crippen molar-refractivity contribution >= 4 is 11.8 Å². The fourth-order valence-electron chi connectivity index (χ4n) is 2.82. The van der Waals surface area contributed by atoms with Crippen LogP contribution < -0.4 is 10.6 Å². The minimum absolute atomic E-state index is 0.0540. The molecule has 1 aromatic rings. The van der Waals surface area contributed by atoms with E-state index in [0.717, 1.165) is 11.6 Å². The molecule has 1 atom stereocenters. The molecule has 8 heteroatoms. The van der Waals surface area contributed by atoms with E-state index in [-0.39, 0.29) is 30.3 Å². The van der Waals surface area contributed by atoms with Gasteiger partial charge in [0.1, 0.15) is 0 Å². The van der Waals surface area contributed by atoms with Crippen molar-refractivity contribution in [1.82, 2.24) is 15.5 Å². The molecule has 1 aliphatic rings. The van der Waals surface area contributed by atoms with Gasteiger partial charge in [-0.3, -0.25) is 14.5 Å². The van der Waals surface area contributed by atoms with Crippen LogP contribution >= 0.6 is 0 Å². The van der Waals surface area contributed by atoms with E-state index in [1.54, 1.807) is 11.8 Å². The SMILES string of the molecule is C=C(C)CNC(=O)CC1C(=O)NCCN1Cc1ccccc1C(F)(F)F. The van der Waals surface area contributed by atoms with Crippen molar-refractivity contribution in [3.63, 3.8) is 0 Å². The highest BCUT2D eigenvalue weighted by Gasteiger charge is 2.36. The van der Waals surface area contributed by atoms with Crippen molar-refractivity contribution in [2.75, 3.05) is 19.6 Å². The van der Waals surface area contributed by atoms with Crippen LogP contribution in [0.15, 0.2) is 36.4 Å². The lowest BCUT2D eigenvalue weighted by atomic mass is 10.0. The van der Waals surface area contributed by atoms with Crippen LogP contribution in [0.1, 0.15) is 24.5 Å². The van der Waals surface area contributed by atoms with E-state index >= 15 is 0 Å². The number of benzene rings is 1. The number of rotatable bonds is 6. The molecule has 1 unspecified atom stereocenters. The van der Waals surface area contributed by atoms with Crippen LogP contribution in [0.2, 0.25) is 0 Å². The Morgan fingerprint density at radius 2 is 2.08 bits per heavy atom. The van der Waals surface area contributed by atoms with Gasteiger partial charge in [0.05, 0.1) is 18.0 Å². The first-order valence-electron chi connectivity index (χ1n) is 8.26. The van der Waals surface area contributed by atoms with Gasteiger partial charge < -0.3 is 10.6 Å². The van der Waals surface area contributed by atoms with Gasteiger partial charge in [-0.25, -0.2) is 0 Å². The predicted octanol–water partition coefficient (Wildman–Crippen LogP) is 2.09. The fraction of sp³-hybridized carbons (Fsp3) is 0.444. The maximum Gasteiger partial charge on any atom is 0.416 e. The topological polar surface area (TPSA) is 61.4 Å². The Labute approximate surface area is 150 Å². The smallest absolute Gasteiger partial charge is 0.353 e. The van der Waals surface area contributed by atoms with Crippen molar-refractivity contribution < 1.29 is 22.8 Å². The van der Waals surface area contributed by atoms with Gasteiger partial charge in [-0.2, -0.15) is 13.2 Å². The molecular formula is C18H22F3N3O2. The average molecular weight is 369 g/mol. The molecular weight excluding hydrogens is 347 g/mol. The average Bonchev–Trinajstić information content (AvgIpc) is 2.55. The highest BCUT2D eigenvalue weighted by molar-refractivity contribution is 5.88. The standard InChI is InChI=1S/C18H22F3N3O2/c1-12(2)10-23-16(25)9-15-17(26)22-7-8-24(15)11-13-5-3-4-6-14(13)18(19,20)21/h3-6,15H,1,7-11H2,2H3,(H,22,26)(H,23,25). The molecule has 0 aliphatic carbocycles. The molecule has 0 aromatic heterocycles. The highest BCUT2D eigenvalue weighted by Crippen LogP contribution is 2.32. The van der Waals surface area contributed by atoms with Crippen LogP contribution in [0, 0.1) is 0 Å². The quantitative estimate of drug-likeness (QED) is 0.755. The van der Waals surface area contributed by atoms with E-state index in [4.69, 9.17) is 0 Å². The van der Waals surface area contributed by atoms with Gasteiger partial charge in [0.15, 0.2) is 0 Å². The Balaban J connectivity index is 2.15. The van der Waals surface area contributed by atoms with E-state index < -0.39 is 17.8 Å². The number of hydrogen-bond donors (Lipinski definition) is 2. The first kappa shape index (κ1) is 20.0. The summed E-state index contributed by atoms with van der Waals surface area (Å²) in [5, 5.41) is 5.31. The highest BCUT2D eigenvalue weighted by atomic mass is 19.4. The number of carbonyl (C=O) groups is 2. The molecule has 1 saturated heterocycles. The second kappa shape index (κ2) is 8.35. The fourth-order valence-corrected chi connectivity index (χ4v) is 2.82. The third-order valence-electron chi connectivity index (χ3n) is 4.10. The molecule has 0 radical (unpaired) electrons. The number of piperazine rings is 1. The minimum Gasteiger partial charge on any atom is -0.353 e. The van der Waals surface area contributed by atoms with Gasteiger partial charge in [-0.05, 0) is 18.6 Å². The molecule has 0 spiro atoms. The van der Waals surface area contributed by atoms with Crippen molar-refractivity contribution in [1.29, 1.82) is 0 Å². The zero-order valence-corrected chi connectivity index (χ0v) is 14.5. The van der Waals surface area contributed by atoms with Crippen LogP contribution in [0.25, 0.3) is 0 Å². The molecule has 0 saturated carbocycles. The molecule has 2 amide bonds. The van der Waals surface area contributed by atoms with Gasteiger partial charge in [0.25, 0.3) is 0 Å². The maximum atomic E-state index is 13.2. The molecule has 5 nitrogen and oxygen atoms in total. The third-order valence-corrected chi connectivity index (χ3v) is 4.10. The first-order chi connectivity index (χ1) is 12.2. The minimum atomic E-state index is -4.47. The van der Waals surface area contributed by atoms with Crippen molar-refractivity contribution in [3.05, 3.63) is 47.5 Å². The maximum absolute atomic E-state index is 13.2. The van der Waals surface area contributed by atoms with E-state index in [1.165, 1.54) is 18.2 Å². The molecule has 1 heterocycles. The van der Waals surface area contributed by atoms with E-state index in [1.807, 2.05) is 0 Å². The van der Waals surface area contributed by atoms with Crippen LogP contribution in [0.3, 0.4) is 0 Å². The predicted molar refractivity (Wildman–Crippen MR) is 91.1 cm³/mol. The normalized spacial score (nSPS) is 18.3. The number of nitrogens with one attached hydrogen (secondary N) is 2. The lowest BCUT2D eigenvalue weighted by Gasteiger charge is -2.35. The number of hydrogen-bond acceptors (Lipinski definition) is 3. The summed E-state index contributed by atoms with van der Waals surface area (Å²) in [5.74, 6) is -0.699. The molecule has 1 aliphatic heterocycles. The van der Waals surface area contributed by atoms with Gasteiger partial charge in [0, 0.05) is 26.2 Å². The number of nitrogens with zero attached hydrogens (tertiary/aromatic N) is 1. The summed E-state index contributed by atoms with van der Waals surface area (Å²) in [6.07, 6.45) is -4.59. The number of alkyl halides is 3. The monoisotopic (exact) mass is 369 g/mol. The largest absolute Gasteiger partial charge is 0.416 e. The van der Waals surface area contributed by atoms with Gasteiger partial charge in [-0.1, -0.05) is 30.4 Å². The zero-order valence-electron chi connectivity index (χ0n) is 14.5. The number of amides is 2. The molecule has 0 bridgehead atoms. The third kappa shape index (κ3) is 5.32. The van der Waals surface area contributed by atoms with Crippen molar-refractivity contribution in [3.8, 4) is 0 Å². The van der Waals surface area contributed by atoms with Gasteiger partial charge in [-0.15, -0.1) is 0 Å². The molecule has 1 aromatic carbocycles. The molecule has 142 valence electrons. The number of carbonyl (C=O) groups excluding carboxylic acids is 2. The molecule has 1 fully saturated rings. The van der Waals surface area contributed by atoms with Crippen molar-refractivity contribution in [2.45, 2.75) is 32.1 Å². The van der Waals surface area contributed by atoms with Crippen LogP contribution in [-0.2, 0) is 22.3 Å². The van der Waals surface area contributed by atoms with Crippen LogP contribution in [-0.4, -0.2) is 42.4 Å². The Bertz CT molecular complexity index is 689. The zero-order chi connectivity index (χ0) is 19.3. The summed E-state index contributed by atoms with van der Waals surface area (Å²) in [6.45, 7) is 6.38. The Kier molecular flexibility index (Phi) is 6.42. The summed E-state index contributed by atoms with van der Waals surface area (Å²) < 4.78 is 39.6. The molecule has 2 rings (SSSR count). The van der Waals surface area contributed by atoms with Crippen LogP contribution in [0.5, 0.6) is 0 Å². The summed E-state index contributed by atoms with van der Waals surface area (Å²) in [5.41, 5.74) is 0.126. The second-order valence-electron chi connectivity index (χ2n) is 6.37. The summed E-state index contributed by atoms with van der Waals surface area (Å²) >= 11 is 0. The van der Waals surface area contributed by atoms with Gasteiger partial charge in [0.2, 0.25) is 11.8 Å². The molecule has 2 N–H and O–H groups in total. The lowest BCUT2D eigenvalue weighted by Crippen LogP contribution is -2.56. The lowest BCUT2D eigenvalue weighted by molar-refractivity contribution is -0.139. The van der Waals surface area contributed by atoms with E-state index in [0.29, 0.717) is 19.6 Å². The molecule has 26 heavy (non-hydrogen) atoms. The Morgan fingerprint density at radius 3 is 2.73 bits per heavy atom. The summed E-state index contributed by atoms with van der Waals surface area (Å²) in [7, 11) is 0.